The highest BCUT2D eigenvalue weighted by atomic mass is 16.5. The Hall–Kier alpha value is -1.59. The van der Waals surface area contributed by atoms with Gasteiger partial charge in [0.1, 0.15) is 0 Å². The zero-order valence-electron chi connectivity index (χ0n) is 9.36. The molecule has 1 aliphatic heterocycles. The zero-order chi connectivity index (χ0) is 11.7. The number of aromatic nitrogens is 1. The van der Waals surface area contributed by atoms with Crippen LogP contribution in [0.25, 0.3) is 11.1 Å². The minimum absolute atomic E-state index is 0.340. The second-order valence-corrected chi connectivity index (χ2v) is 4.28. The monoisotopic (exact) mass is 234 g/mol. The van der Waals surface area contributed by atoms with Crippen LogP contribution in [-0.2, 0) is 11.2 Å². The van der Waals surface area contributed by atoms with Crippen LogP contribution in [0.1, 0.15) is 5.56 Å². The molecule has 0 aliphatic carbocycles. The summed E-state index contributed by atoms with van der Waals surface area (Å²) in [5.41, 5.74) is 2.50. The molecule has 90 valence electrons. The molecule has 0 radical (unpaired) electrons. The Morgan fingerprint density at radius 2 is 2.35 bits per heavy atom. The Morgan fingerprint density at radius 1 is 1.41 bits per heavy atom. The number of aromatic amines is 1. The Balaban J connectivity index is 1.82. The van der Waals surface area contributed by atoms with Crippen molar-refractivity contribution in [3.8, 4) is 0 Å². The van der Waals surface area contributed by atoms with Crippen LogP contribution in [0, 0.1) is 0 Å². The first-order chi connectivity index (χ1) is 8.31. The molecule has 1 aromatic carbocycles. The maximum atomic E-state index is 11.0. The van der Waals surface area contributed by atoms with Crippen molar-refractivity contribution in [3.05, 3.63) is 34.3 Å². The van der Waals surface area contributed by atoms with Gasteiger partial charge in [-0.3, -0.25) is 4.98 Å². The smallest absolute Gasteiger partial charge is 0.408 e. The number of oxazole rings is 1. The number of ether oxygens (including phenoxy) is 1. The summed E-state index contributed by atoms with van der Waals surface area (Å²) in [7, 11) is 0. The molecule has 0 saturated carbocycles. The lowest BCUT2D eigenvalue weighted by atomic mass is 10.1. The normalized spacial score (nSPS) is 20.8. The van der Waals surface area contributed by atoms with Crippen LogP contribution in [0.15, 0.2) is 27.4 Å². The lowest BCUT2D eigenvalue weighted by molar-refractivity contribution is 0.0770. The molecule has 5 heteroatoms. The molecule has 0 bridgehead atoms. The van der Waals surface area contributed by atoms with Crippen LogP contribution in [0.4, 0.5) is 0 Å². The highest BCUT2D eigenvalue weighted by Crippen LogP contribution is 2.14. The van der Waals surface area contributed by atoms with Gasteiger partial charge in [-0.05, 0) is 24.1 Å². The molecule has 1 unspecified atom stereocenters. The van der Waals surface area contributed by atoms with Gasteiger partial charge in [-0.2, -0.15) is 0 Å². The van der Waals surface area contributed by atoms with E-state index in [4.69, 9.17) is 9.15 Å². The number of morpholine rings is 1. The zero-order valence-corrected chi connectivity index (χ0v) is 9.36. The molecule has 2 aromatic rings. The average molecular weight is 234 g/mol. The number of benzene rings is 1. The third-order valence-corrected chi connectivity index (χ3v) is 2.97. The van der Waals surface area contributed by atoms with Gasteiger partial charge in [0, 0.05) is 12.6 Å². The first-order valence-corrected chi connectivity index (χ1v) is 5.74. The standard InChI is InChI=1S/C12H14N2O3/c15-12-14-10-2-1-8(6-11(10)17-12)5-9-7-16-4-3-13-9/h1-2,6,9,13H,3-5,7H2,(H,14,15). The molecule has 1 fully saturated rings. The Morgan fingerprint density at radius 3 is 3.18 bits per heavy atom. The quantitative estimate of drug-likeness (QED) is 0.800. The van der Waals surface area contributed by atoms with Crippen molar-refractivity contribution in [2.75, 3.05) is 19.8 Å². The third-order valence-electron chi connectivity index (χ3n) is 2.97. The van der Waals surface area contributed by atoms with Gasteiger partial charge in [0.05, 0.1) is 18.7 Å². The molecular weight excluding hydrogens is 220 g/mol. The minimum Gasteiger partial charge on any atom is -0.408 e. The molecule has 17 heavy (non-hydrogen) atoms. The van der Waals surface area contributed by atoms with Crippen LogP contribution >= 0.6 is 0 Å². The summed E-state index contributed by atoms with van der Waals surface area (Å²) in [5.74, 6) is -0.406. The van der Waals surface area contributed by atoms with Gasteiger partial charge in [-0.25, -0.2) is 4.79 Å². The van der Waals surface area contributed by atoms with Crippen LogP contribution in [0.2, 0.25) is 0 Å². The van der Waals surface area contributed by atoms with Gasteiger partial charge in [0.15, 0.2) is 5.58 Å². The van der Waals surface area contributed by atoms with E-state index in [1.807, 2.05) is 18.2 Å². The van der Waals surface area contributed by atoms with E-state index in [9.17, 15) is 4.79 Å². The summed E-state index contributed by atoms with van der Waals surface area (Å²) < 4.78 is 10.4. The van der Waals surface area contributed by atoms with E-state index in [0.29, 0.717) is 11.6 Å². The summed E-state index contributed by atoms with van der Waals surface area (Å²) in [4.78, 5) is 13.7. The number of hydrogen-bond acceptors (Lipinski definition) is 4. The molecule has 2 heterocycles. The van der Waals surface area contributed by atoms with E-state index in [-0.39, 0.29) is 0 Å². The van der Waals surface area contributed by atoms with E-state index in [2.05, 4.69) is 10.3 Å². The number of nitrogens with one attached hydrogen (secondary N) is 2. The van der Waals surface area contributed by atoms with Crippen molar-refractivity contribution < 1.29 is 9.15 Å². The number of H-pyrrole nitrogens is 1. The SMILES string of the molecule is O=c1[nH]c2ccc(CC3COCCN3)cc2o1. The predicted molar refractivity (Wildman–Crippen MR) is 63.1 cm³/mol. The third kappa shape index (κ3) is 2.25. The van der Waals surface area contributed by atoms with Gasteiger partial charge in [-0.15, -0.1) is 0 Å². The molecule has 0 amide bonds. The number of rotatable bonds is 2. The Labute approximate surface area is 97.8 Å². The molecule has 1 aromatic heterocycles. The van der Waals surface area contributed by atoms with Crippen molar-refractivity contribution in [2.45, 2.75) is 12.5 Å². The second-order valence-electron chi connectivity index (χ2n) is 4.28. The molecule has 0 spiro atoms. The van der Waals surface area contributed by atoms with Gasteiger partial charge in [0.25, 0.3) is 0 Å². The summed E-state index contributed by atoms with van der Waals surface area (Å²) in [6, 6.07) is 6.12. The largest absolute Gasteiger partial charge is 0.417 e. The maximum absolute atomic E-state index is 11.0. The number of fused-ring (bicyclic) bond motifs is 1. The van der Waals surface area contributed by atoms with Crippen molar-refractivity contribution in [1.29, 1.82) is 0 Å². The van der Waals surface area contributed by atoms with Gasteiger partial charge in [0.2, 0.25) is 0 Å². The van der Waals surface area contributed by atoms with Gasteiger partial charge in [-0.1, -0.05) is 6.07 Å². The minimum atomic E-state index is -0.406. The van der Waals surface area contributed by atoms with Crippen molar-refractivity contribution in [3.63, 3.8) is 0 Å². The topological polar surface area (TPSA) is 67.3 Å². The average Bonchev–Trinajstić information content (AvgIpc) is 2.70. The molecule has 2 N–H and O–H groups in total. The molecular formula is C12H14N2O3. The molecule has 1 saturated heterocycles. The van der Waals surface area contributed by atoms with Crippen molar-refractivity contribution in [1.82, 2.24) is 10.3 Å². The number of hydrogen-bond donors (Lipinski definition) is 2. The van der Waals surface area contributed by atoms with E-state index < -0.39 is 5.76 Å². The fourth-order valence-electron chi connectivity index (χ4n) is 2.15. The van der Waals surface area contributed by atoms with Crippen LogP contribution in [-0.4, -0.2) is 30.8 Å². The van der Waals surface area contributed by atoms with Gasteiger partial charge >= 0.3 is 5.76 Å². The van der Waals surface area contributed by atoms with Crippen molar-refractivity contribution >= 4 is 11.1 Å². The van der Waals surface area contributed by atoms with E-state index >= 15 is 0 Å². The van der Waals surface area contributed by atoms with E-state index in [1.165, 1.54) is 0 Å². The molecule has 1 atom stereocenters. The fraction of sp³-hybridized carbons (Fsp3) is 0.417. The molecule has 3 rings (SSSR count). The van der Waals surface area contributed by atoms with Crippen LogP contribution < -0.4 is 11.1 Å². The van der Waals surface area contributed by atoms with E-state index in [1.54, 1.807) is 0 Å². The van der Waals surface area contributed by atoms with Crippen molar-refractivity contribution in [2.24, 2.45) is 0 Å². The molecule has 1 aliphatic rings. The van der Waals surface area contributed by atoms with Crippen LogP contribution in [0.3, 0.4) is 0 Å². The summed E-state index contributed by atoms with van der Waals surface area (Å²) in [6.45, 7) is 2.41. The highest BCUT2D eigenvalue weighted by molar-refractivity contribution is 5.72. The first kappa shape index (κ1) is 10.6. The first-order valence-electron chi connectivity index (χ1n) is 5.74. The predicted octanol–water partition coefficient (Wildman–Crippen LogP) is 0.652. The van der Waals surface area contributed by atoms with Crippen LogP contribution in [0.5, 0.6) is 0 Å². The Bertz CT molecular complexity index is 566. The molecule has 5 nitrogen and oxygen atoms in total. The fourth-order valence-corrected chi connectivity index (χ4v) is 2.15. The lowest BCUT2D eigenvalue weighted by Crippen LogP contribution is -2.42. The second kappa shape index (κ2) is 4.35. The lowest BCUT2D eigenvalue weighted by Gasteiger charge is -2.23. The summed E-state index contributed by atoms with van der Waals surface area (Å²) in [6.07, 6.45) is 0.880. The van der Waals surface area contributed by atoms with Gasteiger partial charge < -0.3 is 14.5 Å². The summed E-state index contributed by atoms with van der Waals surface area (Å²) >= 11 is 0. The summed E-state index contributed by atoms with van der Waals surface area (Å²) in [5, 5.41) is 3.40. The highest BCUT2D eigenvalue weighted by Gasteiger charge is 2.14. The maximum Gasteiger partial charge on any atom is 0.417 e. The van der Waals surface area contributed by atoms with E-state index in [0.717, 1.165) is 37.3 Å². The Kier molecular flexibility index (Phi) is 2.70.